The average Bonchev–Trinajstić information content (AvgIpc) is 2.49. The molecule has 6 heteroatoms. The van der Waals surface area contributed by atoms with Gasteiger partial charge in [-0.25, -0.2) is 4.98 Å². The number of aromatic nitrogens is 2. The van der Waals surface area contributed by atoms with Gasteiger partial charge in [0, 0.05) is 30.2 Å². The molecule has 2 bridgehead atoms. The van der Waals surface area contributed by atoms with Gasteiger partial charge in [-0.15, -0.1) is 0 Å². The second kappa shape index (κ2) is 5.09. The van der Waals surface area contributed by atoms with E-state index in [2.05, 4.69) is 20.2 Å². The summed E-state index contributed by atoms with van der Waals surface area (Å²) in [4.78, 5) is 22.1. The molecule has 2 unspecified atom stereocenters. The molecule has 2 atom stereocenters. The molecule has 0 amide bonds. The monoisotopic (exact) mass is 304 g/mol. The number of fused-ring (bicyclic) bond motifs is 4. The van der Waals surface area contributed by atoms with Crippen LogP contribution in [-0.2, 0) is 6.54 Å². The van der Waals surface area contributed by atoms with Crippen LogP contribution in [0, 0.1) is 0 Å². The first-order chi connectivity index (χ1) is 10.2. The van der Waals surface area contributed by atoms with Crippen molar-refractivity contribution in [1.82, 2.24) is 20.2 Å². The van der Waals surface area contributed by atoms with E-state index >= 15 is 0 Å². The summed E-state index contributed by atoms with van der Waals surface area (Å²) in [5.74, 6) is 0.738. The zero-order valence-corrected chi connectivity index (χ0v) is 12.4. The molecule has 0 saturated carbocycles. The predicted octanol–water partition coefficient (Wildman–Crippen LogP) is 1.51. The summed E-state index contributed by atoms with van der Waals surface area (Å²) < 4.78 is 0. The summed E-state index contributed by atoms with van der Waals surface area (Å²) in [6, 6.07) is 6.38. The van der Waals surface area contributed by atoms with E-state index in [9.17, 15) is 4.79 Å². The molecule has 0 radical (unpaired) electrons. The van der Waals surface area contributed by atoms with Crippen molar-refractivity contribution in [1.29, 1.82) is 0 Å². The highest BCUT2D eigenvalue weighted by molar-refractivity contribution is 6.31. The lowest BCUT2D eigenvalue weighted by atomic mass is 9.93. The fraction of sp³-hybridized carbons (Fsp3) is 0.467. The third-order valence-electron chi connectivity index (χ3n) is 4.53. The van der Waals surface area contributed by atoms with E-state index in [1.165, 1.54) is 12.8 Å². The van der Waals surface area contributed by atoms with Crippen molar-refractivity contribution in [2.75, 3.05) is 13.1 Å². The van der Waals surface area contributed by atoms with Crippen LogP contribution in [0.4, 0.5) is 0 Å². The summed E-state index contributed by atoms with van der Waals surface area (Å²) in [6.45, 7) is 2.78. The van der Waals surface area contributed by atoms with E-state index in [0.717, 1.165) is 18.9 Å². The van der Waals surface area contributed by atoms with E-state index in [4.69, 9.17) is 11.6 Å². The SMILES string of the molecule is O=c1[nH]c(CN2CC3CCC2CN3)nc2ccc(Cl)cc12. The fourth-order valence-electron chi connectivity index (χ4n) is 3.42. The Hall–Kier alpha value is -1.43. The van der Waals surface area contributed by atoms with Crippen LogP contribution < -0.4 is 10.9 Å². The highest BCUT2D eigenvalue weighted by Crippen LogP contribution is 2.23. The van der Waals surface area contributed by atoms with E-state index in [1.54, 1.807) is 18.2 Å². The summed E-state index contributed by atoms with van der Waals surface area (Å²) in [6.07, 6.45) is 2.48. The summed E-state index contributed by atoms with van der Waals surface area (Å²) in [7, 11) is 0. The number of nitrogens with zero attached hydrogens (tertiary/aromatic N) is 2. The number of benzene rings is 1. The van der Waals surface area contributed by atoms with Crippen LogP contribution >= 0.6 is 11.6 Å². The van der Waals surface area contributed by atoms with E-state index in [0.29, 0.717) is 34.6 Å². The fourth-order valence-corrected chi connectivity index (χ4v) is 3.59. The Bertz CT molecular complexity index is 736. The molecule has 5 nitrogen and oxygen atoms in total. The van der Waals surface area contributed by atoms with Gasteiger partial charge in [0.15, 0.2) is 0 Å². The lowest BCUT2D eigenvalue weighted by Crippen LogP contribution is -2.60. The van der Waals surface area contributed by atoms with Crippen LogP contribution in [0.5, 0.6) is 0 Å². The predicted molar refractivity (Wildman–Crippen MR) is 82.6 cm³/mol. The molecule has 3 saturated heterocycles. The van der Waals surface area contributed by atoms with Crippen LogP contribution in [0.2, 0.25) is 5.02 Å². The van der Waals surface area contributed by atoms with Gasteiger partial charge in [0.05, 0.1) is 17.4 Å². The highest BCUT2D eigenvalue weighted by Gasteiger charge is 2.33. The van der Waals surface area contributed by atoms with E-state index < -0.39 is 0 Å². The van der Waals surface area contributed by atoms with Crippen molar-refractivity contribution >= 4 is 22.5 Å². The van der Waals surface area contributed by atoms with Crippen LogP contribution in [0.15, 0.2) is 23.0 Å². The molecular weight excluding hydrogens is 288 g/mol. The zero-order valence-electron chi connectivity index (χ0n) is 11.6. The average molecular weight is 305 g/mol. The molecule has 0 aliphatic carbocycles. The molecule has 2 aromatic rings. The molecule has 3 aliphatic heterocycles. The minimum Gasteiger partial charge on any atom is -0.311 e. The number of hydrogen-bond acceptors (Lipinski definition) is 4. The second-order valence-corrected chi connectivity index (χ2v) is 6.38. The largest absolute Gasteiger partial charge is 0.311 e. The molecule has 21 heavy (non-hydrogen) atoms. The van der Waals surface area contributed by atoms with Crippen molar-refractivity contribution in [3.05, 3.63) is 39.4 Å². The molecule has 3 aliphatic rings. The minimum absolute atomic E-state index is 0.113. The Morgan fingerprint density at radius 2 is 2.29 bits per heavy atom. The Balaban J connectivity index is 1.65. The first-order valence-electron chi connectivity index (χ1n) is 7.35. The van der Waals surface area contributed by atoms with Crippen LogP contribution in [0.3, 0.4) is 0 Å². The molecular formula is C15H17ClN4O. The van der Waals surface area contributed by atoms with Crippen molar-refractivity contribution in [3.8, 4) is 0 Å². The van der Waals surface area contributed by atoms with E-state index in [-0.39, 0.29) is 5.56 Å². The number of halogens is 1. The normalized spacial score (nSPS) is 25.6. The standard InChI is InChI=1S/C15H17ClN4O/c16-9-1-4-13-12(5-9)15(21)19-14(18-13)8-20-7-10-2-3-11(20)6-17-10/h1,4-5,10-11,17H,2-3,6-8H2,(H,18,19,21). The summed E-state index contributed by atoms with van der Waals surface area (Å²) >= 11 is 5.93. The van der Waals surface area contributed by atoms with Gasteiger partial charge in [-0.3, -0.25) is 9.69 Å². The highest BCUT2D eigenvalue weighted by atomic mass is 35.5. The number of rotatable bonds is 2. The summed E-state index contributed by atoms with van der Waals surface area (Å²) in [5.41, 5.74) is 0.594. The number of nitrogens with one attached hydrogen (secondary N) is 2. The summed E-state index contributed by atoms with van der Waals surface area (Å²) in [5, 5.41) is 4.64. The van der Waals surface area contributed by atoms with Crippen LogP contribution in [0.25, 0.3) is 10.9 Å². The molecule has 1 aromatic heterocycles. The number of H-pyrrole nitrogens is 1. The van der Waals surface area contributed by atoms with Gasteiger partial charge >= 0.3 is 0 Å². The van der Waals surface area contributed by atoms with Crippen molar-refractivity contribution < 1.29 is 0 Å². The first-order valence-corrected chi connectivity index (χ1v) is 7.73. The maximum Gasteiger partial charge on any atom is 0.258 e. The molecule has 1 aromatic carbocycles. The first kappa shape index (κ1) is 13.2. The van der Waals surface area contributed by atoms with Gasteiger partial charge < -0.3 is 10.3 Å². The maximum atomic E-state index is 12.2. The molecule has 3 fully saturated rings. The number of hydrogen-bond donors (Lipinski definition) is 2. The van der Waals surface area contributed by atoms with Crippen molar-refractivity contribution in [2.45, 2.75) is 31.5 Å². The minimum atomic E-state index is -0.113. The van der Waals surface area contributed by atoms with Crippen LogP contribution in [0.1, 0.15) is 18.7 Å². The molecule has 2 N–H and O–H groups in total. The Morgan fingerprint density at radius 3 is 3.00 bits per heavy atom. The zero-order chi connectivity index (χ0) is 14.4. The molecule has 0 spiro atoms. The topological polar surface area (TPSA) is 61.0 Å². The third kappa shape index (κ3) is 2.46. The van der Waals surface area contributed by atoms with Gasteiger partial charge in [-0.05, 0) is 31.0 Å². The quantitative estimate of drug-likeness (QED) is 0.883. The Morgan fingerprint density at radius 1 is 1.38 bits per heavy atom. The number of piperidine rings is 2. The lowest BCUT2D eigenvalue weighted by Gasteiger charge is -2.45. The Labute approximate surface area is 127 Å². The van der Waals surface area contributed by atoms with Gasteiger partial charge in [-0.1, -0.05) is 11.6 Å². The van der Waals surface area contributed by atoms with Gasteiger partial charge in [-0.2, -0.15) is 0 Å². The van der Waals surface area contributed by atoms with Gasteiger partial charge in [0.25, 0.3) is 5.56 Å². The van der Waals surface area contributed by atoms with E-state index in [1.807, 2.05) is 0 Å². The lowest BCUT2D eigenvalue weighted by molar-refractivity contribution is 0.0663. The van der Waals surface area contributed by atoms with Crippen LogP contribution in [-0.4, -0.2) is 40.0 Å². The smallest absolute Gasteiger partial charge is 0.258 e. The van der Waals surface area contributed by atoms with Crippen molar-refractivity contribution in [3.63, 3.8) is 0 Å². The third-order valence-corrected chi connectivity index (χ3v) is 4.77. The Kier molecular flexibility index (Phi) is 3.21. The van der Waals surface area contributed by atoms with Gasteiger partial charge in [0.2, 0.25) is 0 Å². The number of piperazine rings is 1. The van der Waals surface area contributed by atoms with Gasteiger partial charge in [0.1, 0.15) is 5.82 Å². The maximum absolute atomic E-state index is 12.2. The molecule has 4 heterocycles. The second-order valence-electron chi connectivity index (χ2n) is 5.94. The molecule has 110 valence electrons. The number of aromatic amines is 1. The molecule has 5 rings (SSSR count). The van der Waals surface area contributed by atoms with Crippen molar-refractivity contribution in [2.24, 2.45) is 0 Å².